The van der Waals surface area contributed by atoms with Gasteiger partial charge in [-0.25, -0.2) is 12.7 Å². The van der Waals surface area contributed by atoms with E-state index in [1.165, 1.54) is 20.2 Å². The molecule has 7 heteroatoms. The quantitative estimate of drug-likeness (QED) is 0.435. The Morgan fingerprint density at radius 1 is 1.45 bits per heavy atom. The highest BCUT2D eigenvalue weighted by Crippen LogP contribution is 2.28. The molecular weight excluding hydrogens is 294 g/mol. The van der Waals surface area contributed by atoms with Crippen LogP contribution in [0.2, 0.25) is 0 Å². The molecule has 0 aromatic heterocycles. The fourth-order valence-electron chi connectivity index (χ4n) is 1.54. The Balaban J connectivity index is 2.83. The third-order valence-corrected chi connectivity index (χ3v) is 5.46. The molecule has 0 fully saturated rings. The molecule has 0 amide bonds. The van der Waals surface area contributed by atoms with Gasteiger partial charge in [-0.2, -0.15) is 11.8 Å². The first-order valence-electron chi connectivity index (χ1n) is 6.14. The molecule has 112 valence electrons. The van der Waals surface area contributed by atoms with Gasteiger partial charge in [0.2, 0.25) is 10.0 Å². The van der Waals surface area contributed by atoms with Crippen LogP contribution in [0.1, 0.15) is 0 Å². The van der Waals surface area contributed by atoms with Crippen LogP contribution in [0, 0.1) is 0 Å². The number of thioether (sulfide) groups is 1. The first-order chi connectivity index (χ1) is 9.41. The summed E-state index contributed by atoms with van der Waals surface area (Å²) in [5.41, 5.74) is 6.86. The molecule has 0 aliphatic heterocycles. The Bertz CT molecular complexity index is 557. The standard InChI is InChI=1S/C13H21N3O2S2/c1-4-9-19-10-8-15-11-6-5-7-12(13(11)14)20(17,18)16(2)3/h4-7,15H,1,8-10,14H2,2-3H3. The Morgan fingerprint density at radius 2 is 2.15 bits per heavy atom. The average molecular weight is 315 g/mol. The van der Waals surface area contributed by atoms with Crippen molar-refractivity contribution in [2.24, 2.45) is 0 Å². The van der Waals surface area contributed by atoms with Gasteiger partial charge in [-0.15, -0.1) is 6.58 Å². The summed E-state index contributed by atoms with van der Waals surface area (Å²) in [6.45, 7) is 4.37. The number of hydrogen-bond donors (Lipinski definition) is 2. The van der Waals surface area contributed by atoms with Crippen LogP contribution in [0.15, 0.2) is 35.7 Å². The molecule has 3 N–H and O–H groups in total. The van der Waals surface area contributed by atoms with Gasteiger partial charge in [0, 0.05) is 32.1 Å². The topological polar surface area (TPSA) is 75.4 Å². The van der Waals surface area contributed by atoms with Crippen LogP contribution < -0.4 is 11.1 Å². The third kappa shape index (κ3) is 4.16. The highest BCUT2D eigenvalue weighted by molar-refractivity contribution is 7.99. The van der Waals surface area contributed by atoms with E-state index in [-0.39, 0.29) is 10.6 Å². The Hall–Kier alpha value is -1.18. The van der Waals surface area contributed by atoms with Gasteiger partial charge < -0.3 is 11.1 Å². The zero-order chi connectivity index (χ0) is 15.2. The van der Waals surface area contributed by atoms with Gasteiger partial charge in [-0.3, -0.25) is 0 Å². The van der Waals surface area contributed by atoms with Gasteiger partial charge in [-0.05, 0) is 12.1 Å². The summed E-state index contributed by atoms with van der Waals surface area (Å²) < 4.78 is 25.4. The number of nitrogens with two attached hydrogens (primary N) is 1. The van der Waals surface area contributed by atoms with Crippen LogP contribution in [-0.4, -0.2) is 44.9 Å². The molecule has 0 radical (unpaired) electrons. The molecule has 0 unspecified atom stereocenters. The van der Waals surface area contributed by atoms with Crippen LogP contribution in [0.3, 0.4) is 0 Å². The minimum absolute atomic E-state index is 0.131. The van der Waals surface area contributed by atoms with Crippen molar-refractivity contribution < 1.29 is 8.42 Å². The number of anilines is 2. The highest BCUT2D eigenvalue weighted by atomic mass is 32.2. The first kappa shape index (κ1) is 16.9. The predicted octanol–water partition coefficient (Wildman–Crippen LogP) is 1.85. The number of nitrogen functional groups attached to an aromatic ring is 1. The number of sulfonamides is 1. The number of benzene rings is 1. The van der Waals surface area contributed by atoms with Gasteiger partial charge in [0.15, 0.2) is 0 Å². The van der Waals surface area contributed by atoms with Crippen LogP contribution >= 0.6 is 11.8 Å². The Labute approximate surface area is 125 Å². The van der Waals surface area contributed by atoms with E-state index >= 15 is 0 Å². The normalized spacial score (nSPS) is 11.6. The summed E-state index contributed by atoms with van der Waals surface area (Å²) in [6.07, 6.45) is 1.85. The third-order valence-electron chi connectivity index (χ3n) is 2.62. The molecule has 1 aromatic carbocycles. The molecule has 20 heavy (non-hydrogen) atoms. The second-order valence-electron chi connectivity index (χ2n) is 4.30. The van der Waals surface area contributed by atoms with Crippen molar-refractivity contribution in [1.29, 1.82) is 0 Å². The number of hydrogen-bond acceptors (Lipinski definition) is 5. The Kier molecular flexibility index (Phi) is 6.38. The second kappa shape index (κ2) is 7.56. The number of rotatable bonds is 8. The van der Waals surface area contributed by atoms with Crippen molar-refractivity contribution in [1.82, 2.24) is 4.31 Å². The highest BCUT2D eigenvalue weighted by Gasteiger charge is 2.21. The molecule has 0 atom stereocenters. The molecule has 0 aliphatic rings. The van der Waals surface area contributed by atoms with Crippen LogP contribution in [-0.2, 0) is 10.0 Å². The molecule has 5 nitrogen and oxygen atoms in total. The second-order valence-corrected chi connectivity index (χ2v) is 7.57. The summed E-state index contributed by atoms with van der Waals surface area (Å²) in [7, 11) is -0.546. The van der Waals surface area contributed by atoms with E-state index in [1.54, 1.807) is 23.9 Å². The fraction of sp³-hybridized carbons (Fsp3) is 0.385. The lowest BCUT2D eigenvalue weighted by atomic mass is 10.2. The molecular formula is C13H21N3O2S2. The SMILES string of the molecule is C=CCSCCNc1cccc(S(=O)(=O)N(C)C)c1N. The molecule has 1 aromatic rings. The first-order valence-corrected chi connectivity index (χ1v) is 8.74. The van der Waals surface area contributed by atoms with E-state index < -0.39 is 10.0 Å². The summed E-state index contributed by atoms with van der Waals surface area (Å²) in [5, 5.41) is 3.16. The lowest BCUT2D eigenvalue weighted by Crippen LogP contribution is -2.23. The summed E-state index contributed by atoms with van der Waals surface area (Å²) >= 11 is 1.75. The molecule has 0 heterocycles. The predicted molar refractivity (Wildman–Crippen MR) is 87.7 cm³/mol. The molecule has 0 bridgehead atoms. The minimum atomic E-state index is -3.52. The van der Waals surface area contributed by atoms with Gasteiger partial charge >= 0.3 is 0 Å². The number of nitrogens with one attached hydrogen (secondary N) is 1. The smallest absolute Gasteiger partial charge is 0.244 e. The summed E-state index contributed by atoms with van der Waals surface area (Å²) in [6, 6.07) is 4.98. The molecule has 0 saturated heterocycles. The maximum absolute atomic E-state index is 12.1. The zero-order valence-electron chi connectivity index (χ0n) is 11.8. The van der Waals surface area contributed by atoms with Crippen molar-refractivity contribution >= 4 is 33.2 Å². The van der Waals surface area contributed by atoms with E-state index in [0.29, 0.717) is 12.2 Å². The van der Waals surface area contributed by atoms with Crippen LogP contribution in [0.4, 0.5) is 11.4 Å². The lowest BCUT2D eigenvalue weighted by Gasteiger charge is -2.16. The minimum Gasteiger partial charge on any atom is -0.396 e. The van der Waals surface area contributed by atoms with E-state index in [9.17, 15) is 8.42 Å². The fourth-order valence-corrected chi connectivity index (χ4v) is 3.16. The molecule has 0 saturated carbocycles. The molecule has 1 rings (SSSR count). The van der Waals surface area contributed by atoms with Crippen molar-refractivity contribution in [3.8, 4) is 0 Å². The van der Waals surface area contributed by atoms with Crippen molar-refractivity contribution in [3.05, 3.63) is 30.9 Å². The van der Waals surface area contributed by atoms with Gasteiger partial charge in [0.25, 0.3) is 0 Å². The maximum Gasteiger partial charge on any atom is 0.244 e. The van der Waals surface area contributed by atoms with Crippen molar-refractivity contribution in [2.75, 3.05) is 43.2 Å². The largest absolute Gasteiger partial charge is 0.396 e. The summed E-state index contributed by atoms with van der Waals surface area (Å²) in [4.78, 5) is 0.131. The number of nitrogens with zero attached hydrogens (tertiary/aromatic N) is 1. The van der Waals surface area contributed by atoms with E-state index in [4.69, 9.17) is 5.73 Å². The summed E-state index contributed by atoms with van der Waals surface area (Å²) in [5.74, 6) is 1.79. The van der Waals surface area contributed by atoms with E-state index in [1.807, 2.05) is 6.08 Å². The maximum atomic E-state index is 12.1. The van der Waals surface area contributed by atoms with Crippen LogP contribution in [0.25, 0.3) is 0 Å². The lowest BCUT2D eigenvalue weighted by molar-refractivity contribution is 0.521. The van der Waals surface area contributed by atoms with Crippen LogP contribution in [0.5, 0.6) is 0 Å². The zero-order valence-corrected chi connectivity index (χ0v) is 13.4. The Morgan fingerprint density at radius 3 is 2.75 bits per heavy atom. The molecule has 0 aliphatic carbocycles. The number of para-hydroxylation sites is 1. The average Bonchev–Trinajstić information content (AvgIpc) is 2.39. The van der Waals surface area contributed by atoms with Gasteiger partial charge in [0.05, 0.1) is 11.4 Å². The van der Waals surface area contributed by atoms with Crippen molar-refractivity contribution in [3.63, 3.8) is 0 Å². The van der Waals surface area contributed by atoms with E-state index in [0.717, 1.165) is 15.8 Å². The van der Waals surface area contributed by atoms with E-state index in [2.05, 4.69) is 11.9 Å². The molecule has 0 spiro atoms. The van der Waals surface area contributed by atoms with Crippen molar-refractivity contribution in [2.45, 2.75) is 4.90 Å². The van der Waals surface area contributed by atoms with Gasteiger partial charge in [-0.1, -0.05) is 12.1 Å². The monoisotopic (exact) mass is 315 g/mol. The van der Waals surface area contributed by atoms with Gasteiger partial charge in [0.1, 0.15) is 4.90 Å².